The van der Waals surface area contributed by atoms with Crippen LogP contribution in [0.2, 0.25) is 0 Å². The highest BCUT2D eigenvalue weighted by Gasteiger charge is 2.08. The third-order valence-corrected chi connectivity index (χ3v) is 4.65. The molecule has 0 unspecified atom stereocenters. The van der Waals surface area contributed by atoms with E-state index >= 15 is 0 Å². The van der Waals surface area contributed by atoms with Crippen LogP contribution < -0.4 is 17.7 Å². The third-order valence-electron chi connectivity index (χ3n) is 3.64. The number of ether oxygens (including phenoxy) is 1. The maximum absolute atomic E-state index is 11.5. The fraction of sp³-hybridized carbons (Fsp3) is 0.294. The van der Waals surface area contributed by atoms with Crippen LogP contribution in [0.15, 0.2) is 46.0 Å². The zero-order valence-electron chi connectivity index (χ0n) is 14.9. The van der Waals surface area contributed by atoms with Crippen LogP contribution in [-0.2, 0) is 18.3 Å². The highest BCUT2D eigenvalue weighted by Crippen LogP contribution is 2.23. The monoisotopic (exact) mass is 408 g/mol. The number of benzene rings is 1. The number of methoxy groups -OCH3 is 1. The van der Waals surface area contributed by atoms with Crippen LogP contribution in [0.1, 0.15) is 16.1 Å². The molecule has 3 aromatic rings. The van der Waals surface area contributed by atoms with Crippen LogP contribution >= 0.6 is 11.8 Å². The van der Waals surface area contributed by atoms with Crippen molar-refractivity contribution in [2.45, 2.75) is 11.7 Å². The van der Waals surface area contributed by atoms with Crippen LogP contribution in [0.5, 0.6) is 0 Å². The number of nitrogens with one attached hydrogen (secondary N) is 1. The summed E-state index contributed by atoms with van der Waals surface area (Å²) in [6.45, 7) is 1.44. The molecule has 1 N–H and O–H groups in total. The molecule has 0 aliphatic rings. The van der Waals surface area contributed by atoms with Crippen molar-refractivity contribution in [3.8, 4) is 11.3 Å². The molecule has 8 nitrogen and oxygen atoms in total. The minimum atomic E-state index is -0.351. The van der Waals surface area contributed by atoms with E-state index in [-0.39, 0.29) is 18.4 Å². The lowest BCUT2D eigenvalue weighted by Crippen LogP contribution is -3.00. The second-order valence-corrected chi connectivity index (χ2v) is 6.51. The van der Waals surface area contributed by atoms with E-state index in [4.69, 9.17) is 9.15 Å². The standard InChI is InChI=1S/C17H19N5O3S.ClH/c1-22-17(19-20-21-22)26-10-9-18-11-14-7-8-15(25-14)12-3-5-13(6-4-12)16(23)24-2;/h3-8,18H,9-11H2,1-2H3;1H/p-1. The van der Waals surface area contributed by atoms with Crippen LogP contribution in [0.4, 0.5) is 0 Å². The molecule has 0 atom stereocenters. The molecule has 0 spiro atoms. The second-order valence-electron chi connectivity index (χ2n) is 5.45. The predicted molar refractivity (Wildman–Crippen MR) is 96.7 cm³/mol. The van der Waals surface area contributed by atoms with Crippen LogP contribution in [0, 0.1) is 0 Å². The molecule has 0 aliphatic heterocycles. The van der Waals surface area contributed by atoms with E-state index in [0.29, 0.717) is 12.1 Å². The van der Waals surface area contributed by atoms with Gasteiger partial charge in [-0.2, -0.15) is 0 Å². The molecule has 0 saturated carbocycles. The van der Waals surface area contributed by atoms with Gasteiger partial charge in [0, 0.05) is 24.9 Å². The number of aromatic nitrogens is 4. The Kier molecular flexibility index (Phi) is 7.83. The fourth-order valence-corrected chi connectivity index (χ4v) is 3.03. The Labute approximate surface area is 167 Å². The van der Waals surface area contributed by atoms with Gasteiger partial charge in [0.25, 0.3) is 0 Å². The van der Waals surface area contributed by atoms with E-state index in [2.05, 4.69) is 20.8 Å². The fourth-order valence-electron chi connectivity index (χ4n) is 2.29. The van der Waals surface area contributed by atoms with Gasteiger partial charge in [0.15, 0.2) is 0 Å². The van der Waals surface area contributed by atoms with Crippen molar-refractivity contribution >= 4 is 17.7 Å². The molecule has 27 heavy (non-hydrogen) atoms. The quantitative estimate of drug-likeness (QED) is 0.292. The Balaban J connectivity index is 0.00000261. The molecule has 1 aromatic carbocycles. The van der Waals surface area contributed by atoms with E-state index in [0.717, 1.165) is 34.5 Å². The number of carbonyl (C=O) groups excluding carboxylic acids is 1. The molecule has 0 bridgehead atoms. The van der Waals surface area contributed by atoms with E-state index < -0.39 is 0 Å². The van der Waals surface area contributed by atoms with Gasteiger partial charge >= 0.3 is 5.97 Å². The molecule has 3 rings (SSSR count). The molecule has 0 saturated heterocycles. The van der Waals surface area contributed by atoms with Crippen molar-refractivity contribution < 1.29 is 26.4 Å². The first-order valence-electron chi connectivity index (χ1n) is 8.00. The number of halogens is 1. The van der Waals surface area contributed by atoms with E-state index in [1.54, 1.807) is 28.6 Å². The molecule has 10 heteroatoms. The molecule has 144 valence electrons. The lowest BCUT2D eigenvalue weighted by Gasteiger charge is -2.03. The Morgan fingerprint density at radius 1 is 1.26 bits per heavy atom. The SMILES string of the molecule is COC(=O)c1ccc(-c2ccc(CNCCSc3nnnn3C)o2)cc1.[Cl-]. The molecule has 0 amide bonds. The number of tetrazole rings is 1. The van der Waals surface area contributed by atoms with E-state index in [1.807, 2.05) is 31.3 Å². The molecular weight excluding hydrogens is 390 g/mol. The zero-order chi connectivity index (χ0) is 18.4. The van der Waals surface area contributed by atoms with Gasteiger partial charge in [0.2, 0.25) is 5.16 Å². The summed E-state index contributed by atoms with van der Waals surface area (Å²) in [5.41, 5.74) is 1.43. The summed E-state index contributed by atoms with van der Waals surface area (Å²) in [5, 5.41) is 15.4. The topological polar surface area (TPSA) is 95.1 Å². The number of rotatable bonds is 8. The highest BCUT2D eigenvalue weighted by molar-refractivity contribution is 7.99. The maximum Gasteiger partial charge on any atom is 0.337 e. The summed E-state index contributed by atoms with van der Waals surface area (Å²) >= 11 is 1.59. The summed E-state index contributed by atoms with van der Waals surface area (Å²) < 4.78 is 12.2. The van der Waals surface area contributed by atoms with E-state index in [9.17, 15) is 4.79 Å². The first-order valence-corrected chi connectivity index (χ1v) is 8.99. The van der Waals surface area contributed by atoms with Gasteiger partial charge in [-0.3, -0.25) is 0 Å². The van der Waals surface area contributed by atoms with Gasteiger partial charge in [-0.15, -0.1) is 5.10 Å². The molecule has 0 radical (unpaired) electrons. The predicted octanol–water partition coefficient (Wildman–Crippen LogP) is -0.857. The van der Waals surface area contributed by atoms with Crippen LogP contribution in [0.25, 0.3) is 11.3 Å². The number of hydrogen-bond acceptors (Lipinski definition) is 8. The van der Waals surface area contributed by atoms with Gasteiger partial charge in [-0.25, -0.2) is 9.48 Å². The smallest absolute Gasteiger partial charge is 0.337 e. The first-order chi connectivity index (χ1) is 12.7. The van der Waals surface area contributed by atoms with Crippen molar-refractivity contribution in [3.63, 3.8) is 0 Å². The normalized spacial score (nSPS) is 10.4. The summed E-state index contributed by atoms with van der Waals surface area (Å²) in [6.07, 6.45) is 0. The number of thioether (sulfide) groups is 1. The number of hydrogen-bond donors (Lipinski definition) is 1. The minimum Gasteiger partial charge on any atom is -1.00 e. The average molecular weight is 409 g/mol. The lowest BCUT2D eigenvalue weighted by atomic mass is 10.1. The molecular formula is C17H19ClN5O3S-. The van der Waals surface area contributed by atoms with E-state index in [1.165, 1.54) is 7.11 Å². The number of nitrogens with zero attached hydrogens (tertiary/aromatic N) is 4. The van der Waals surface area contributed by atoms with Crippen molar-refractivity contribution in [1.82, 2.24) is 25.5 Å². The summed E-state index contributed by atoms with van der Waals surface area (Å²) in [6, 6.07) is 11.0. The van der Waals surface area contributed by atoms with Crippen LogP contribution in [-0.4, -0.2) is 45.6 Å². The number of aryl methyl sites for hydroxylation is 1. The molecule has 0 fully saturated rings. The second kappa shape index (κ2) is 10.1. The van der Waals surface area contributed by atoms with Gasteiger partial charge in [0.1, 0.15) is 11.5 Å². The van der Waals surface area contributed by atoms with Gasteiger partial charge < -0.3 is 26.9 Å². The maximum atomic E-state index is 11.5. The molecule has 0 aliphatic carbocycles. The van der Waals surface area contributed by atoms with Gasteiger partial charge in [-0.05, 0) is 34.7 Å². The van der Waals surface area contributed by atoms with Crippen molar-refractivity contribution in [1.29, 1.82) is 0 Å². The number of carbonyl (C=O) groups is 1. The van der Waals surface area contributed by atoms with Crippen molar-refractivity contribution in [2.75, 3.05) is 19.4 Å². The van der Waals surface area contributed by atoms with Gasteiger partial charge in [0.05, 0.1) is 19.2 Å². The Morgan fingerprint density at radius 2 is 2.04 bits per heavy atom. The average Bonchev–Trinajstić information content (AvgIpc) is 3.30. The van der Waals surface area contributed by atoms with Crippen molar-refractivity contribution in [3.05, 3.63) is 47.7 Å². The first kappa shape index (κ1) is 20.9. The Hall–Kier alpha value is -2.36. The molecule has 2 heterocycles. The largest absolute Gasteiger partial charge is 1.00 e. The minimum absolute atomic E-state index is 0. The summed E-state index contributed by atoms with van der Waals surface area (Å²) in [7, 11) is 3.18. The number of esters is 1. The Bertz CT molecular complexity index is 866. The lowest BCUT2D eigenvalue weighted by molar-refractivity contribution is -0.0000206. The van der Waals surface area contributed by atoms with Crippen molar-refractivity contribution in [2.24, 2.45) is 7.05 Å². The van der Waals surface area contributed by atoms with Gasteiger partial charge in [-0.1, -0.05) is 23.9 Å². The highest BCUT2D eigenvalue weighted by atomic mass is 35.5. The molecule has 2 aromatic heterocycles. The van der Waals surface area contributed by atoms with Crippen LogP contribution in [0.3, 0.4) is 0 Å². The summed E-state index contributed by atoms with van der Waals surface area (Å²) in [4.78, 5) is 11.5. The zero-order valence-corrected chi connectivity index (χ0v) is 16.5. The third kappa shape index (κ3) is 5.56. The summed E-state index contributed by atoms with van der Waals surface area (Å²) in [5.74, 6) is 2.12. The Morgan fingerprint density at radius 3 is 2.70 bits per heavy atom. The number of furan rings is 1.